The summed E-state index contributed by atoms with van der Waals surface area (Å²) >= 11 is 3.05. The minimum absolute atomic E-state index is 0.607. The number of nitrogens with zero attached hydrogens (tertiary/aromatic N) is 2. The van der Waals surface area contributed by atoms with Crippen molar-refractivity contribution in [1.29, 1.82) is 0 Å². The molecule has 0 saturated heterocycles. The van der Waals surface area contributed by atoms with Crippen LogP contribution in [-0.4, -0.2) is 16.7 Å². The first kappa shape index (κ1) is 10.7. The van der Waals surface area contributed by atoms with E-state index in [1.807, 2.05) is 19.1 Å². The Morgan fingerprint density at radius 1 is 1.47 bits per heavy atom. The summed E-state index contributed by atoms with van der Waals surface area (Å²) in [5.74, 6) is 0.918. The summed E-state index contributed by atoms with van der Waals surface area (Å²) in [6, 6.07) is 3.88. The minimum Gasteiger partial charge on any atom is -0.454 e. The van der Waals surface area contributed by atoms with Crippen LogP contribution in [0.4, 0.5) is 0 Å². The van der Waals surface area contributed by atoms with Gasteiger partial charge in [0.1, 0.15) is 10.8 Å². The lowest BCUT2D eigenvalue weighted by molar-refractivity contribution is 0.432. The zero-order valence-electron chi connectivity index (χ0n) is 8.27. The van der Waals surface area contributed by atoms with Crippen molar-refractivity contribution in [3.05, 3.63) is 22.9 Å². The van der Waals surface area contributed by atoms with Crippen molar-refractivity contribution in [2.45, 2.75) is 22.8 Å². The Morgan fingerprint density at radius 3 is 3.00 bits per heavy atom. The number of hydrogen-bond donors (Lipinski definition) is 1. The van der Waals surface area contributed by atoms with Gasteiger partial charge in [-0.15, -0.1) is 10.2 Å². The Hall–Kier alpha value is -0.850. The van der Waals surface area contributed by atoms with E-state index in [-0.39, 0.29) is 0 Å². The molecule has 0 aliphatic heterocycles. The van der Waals surface area contributed by atoms with Crippen LogP contribution in [0.15, 0.2) is 26.0 Å². The smallest absolute Gasteiger partial charge is 0.181 e. The lowest BCUT2D eigenvalue weighted by Crippen LogP contribution is -2.01. The molecule has 2 aromatic rings. The standard InChI is InChI=1S/C9H11N3OS2/c1-6-11-12-9(14-6)15-8-3-2-7(13-8)4-5-10/h2-3H,4-5,10H2,1H3. The Bertz CT molecular complexity index is 438. The van der Waals surface area contributed by atoms with Crippen molar-refractivity contribution < 1.29 is 4.42 Å². The van der Waals surface area contributed by atoms with Gasteiger partial charge in [-0.1, -0.05) is 11.3 Å². The summed E-state index contributed by atoms with van der Waals surface area (Å²) in [6.07, 6.45) is 0.774. The van der Waals surface area contributed by atoms with E-state index in [0.29, 0.717) is 6.54 Å². The molecule has 2 heterocycles. The molecule has 2 aromatic heterocycles. The highest BCUT2D eigenvalue weighted by atomic mass is 32.2. The van der Waals surface area contributed by atoms with Crippen LogP contribution >= 0.6 is 23.1 Å². The molecular weight excluding hydrogens is 230 g/mol. The maximum absolute atomic E-state index is 5.56. The summed E-state index contributed by atoms with van der Waals surface area (Å²) < 4.78 is 6.46. The van der Waals surface area contributed by atoms with Crippen LogP contribution in [-0.2, 0) is 6.42 Å². The van der Waals surface area contributed by atoms with Gasteiger partial charge in [0, 0.05) is 6.42 Å². The second-order valence-corrected chi connectivity index (χ2v) is 5.38. The minimum atomic E-state index is 0.607. The molecule has 0 spiro atoms. The third kappa shape index (κ3) is 2.80. The Kier molecular flexibility index (Phi) is 3.40. The zero-order valence-corrected chi connectivity index (χ0v) is 9.90. The Balaban J connectivity index is 2.04. The number of furan rings is 1. The zero-order chi connectivity index (χ0) is 10.7. The number of hydrogen-bond acceptors (Lipinski definition) is 6. The van der Waals surface area contributed by atoms with Crippen LogP contribution < -0.4 is 5.73 Å². The van der Waals surface area contributed by atoms with Crippen LogP contribution in [0.2, 0.25) is 0 Å². The topological polar surface area (TPSA) is 64.9 Å². The summed E-state index contributed by atoms with van der Waals surface area (Å²) in [6.45, 7) is 2.54. The fraction of sp³-hybridized carbons (Fsp3) is 0.333. The molecule has 4 nitrogen and oxygen atoms in total. The van der Waals surface area contributed by atoms with Crippen LogP contribution in [0.5, 0.6) is 0 Å². The van der Waals surface area contributed by atoms with Crippen LogP contribution in [0.1, 0.15) is 10.8 Å². The van der Waals surface area contributed by atoms with Crippen LogP contribution in [0.3, 0.4) is 0 Å². The molecule has 0 bridgehead atoms. The Labute approximate surface area is 95.9 Å². The summed E-state index contributed by atoms with van der Waals surface area (Å²) in [5.41, 5.74) is 5.44. The first-order chi connectivity index (χ1) is 7.28. The molecule has 2 rings (SSSR count). The van der Waals surface area contributed by atoms with Gasteiger partial charge in [-0.2, -0.15) is 0 Å². The number of aryl methyl sites for hydroxylation is 1. The molecule has 0 amide bonds. The third-order valence-electron chi connectivity index (χ3n) is 1.72. The quantitative estimate of drug-likeness (QED) is 0.888. The van der Waals surface area contributed by atoms with Crippen LogP contribution in [0, 0.1) is 6.92 Å². The molecule has 0 radical (unpaired) electrons. The van der Waals surface area contributed by atoms with Crippen molar-refractivity contribution in [1.82, 2.24) is 10.2 Å². The van der Waals surface area contributed by atoms with Crippen molar-refractivity contribution >= 4 is 23.1 Å². The van der Waals surface area contributed by atoms with Crippen molar-refractivity contribution in [2.24, 2.45) is 5.73 Å². The maximum atomic E-state index is 5.56. The molecule has 0 aliphatic carbocycles. The number of aromatic nitrogens is 2. The predicted octanol–water partition coefficient (Wildman–Crippen LogP) is 2.09. The molecule has 0 aliphatic rings. The van der Waals surface area contributed by atoms with E-state index < -0.39 is 0 Å². The van der Waals surface area contributed by atoms with E-state index in [0.717, 1.165) is 26.6 Å². The van der Waals surface area contributed by atoms with Gasteiger partial charge >= 0.3 is 0 Å². The lowest BCUT2D eigenvalue weighted by Gasteiger charge is -1.91. The molecule has 0 unspecified atom stereocenters. The average Bonchev–Trinajstić information content (AvgIpc) is 2.78. The van der Waals surface area contributed by atoms with Crippen molar-refractivity contribution in [2.75, 3.05) is 6.54 Å². The van der Waals surface area contributed by atoms with Gasteiger partial charge in [0.15, 0.2) is 9.43 Å². The van der Waals surface area contributed by atoms with E-state index in [9.17, 15) is 0 Å². The molecular formula is C9H11N3OS2. The summed E-state index contributed by atoms with van der Waals surface area (Å²) in [5, 5.41) is 9.76. The summed E-state index contributed by atoms with van der Waals surface area (Å²) in [4.78, 5) is 0. The fourth-order valence-electron chi connectivity index (χ4n) is 1.10. The molecule has 0 aromatic carbocycles. The molecule has 80 valence electrons. The first-order valence-corrected chi connectivity index (χ1v) is 6.18. The molecule has 6 heteroatoms. The first-order valence-electron chi connectivity index (χ1n) is 4.54. The van der Waals surface area contributed by atoms with E-state index in [1.54, 1.807) is 11.3 Å². The highest BCUT2D eigenvalue weighted by molar-refractivity contribution is 8.00. The second kappa shape index (κ2) is 4.78. The molecule has 0 atom stereocenters. The molecule has 15 heavy (non-hydrogen) atoms. The van der Waals surface area contributed by atoms with E-state index in [2.05, 4.69) is 10.2 Å². The highest BCUT2D eigenvalue weighted by Gasteiger charge is 2.07. The van der Waals surface area contributed by atoms with Gasteiger partial charge in [-0.05, 0) is 37.4 Å². The average molecular weight is 241 g/mol. The third-order valence-corrected chi connectivity index (χ3v) is 3.53. The van der Waals surface area contributed by atoms with Gasteiger partial charge in [-0.3, -0.25) is 0 Å². The van der Waals surface area contributed by atoms with Crippen molar-refractivity contribution in [3.63, 3.8) is 0 Å². The van der Waals surface area contributed by atoms with Gasteiger partial charge in [0.05, 0.1) is 0 Å². The lowest BCUT2D eigenvalue weighted by atomic mass is 10.3. The summed E-state index contributed by atoms with van der Waals surface area (Å²) in [7, 11) is 0. The largest absolute Gasteiger partial charge is 0.454 e. The van der Waals surface area contributed by atoms with E-state index in [4.69, 9.17) is 10.2 Å². The van der Waals surface area contributed by atoms with E-state index in [1.165, 1.54) is 11.8 Å². The SMILES string of the molecule is Cc1nnc(Sc2ccc(CCN)o2)s1. The molecule has 0 fully saturated rings. The predicted molar refractivity (Wildman–Crippen MR) is 60.2 cm³/mol. The molecule has 2 N–H and O–H groups in total. The monoisotopic (exact) mass is 241 g/mol. The maximum Gasteiger partial charge on any atom is 0.181 e. The second-order valence-electron chi connectivity index (χ2n) is 2.95. The highest BCUT2D eigenvalue weighted by Crippen LogP contribution is 2.31. The number of nitrogens with two attached hydrogens (primary N) is 1. The van der Waals surface area contributed by atoms with Gasteiger partial charge in [0.2, 0.25) is 0 Å². The molecule has 0 saturated carbocycles. The van der Waals surface area contributed by atoms with E-state index >= 15 is 0 Å². The fourth-order valence-corrected chi connectivity index (χ4v) is 2.82. The number of rotatable bonds is 4. The van der Waals surface area contributed by atoms with Gasteiger partial charge in [0.25, 0.3) is 0 Å². The van der Waals surface area contributed by atoms with Gasteiger partial charge < -0.3 is 10.2 Å². The van der Waals surface area contributed by atoms with Crippen LogP contribution in [0.25, 0.3) is 0 Å². The Morgan fingerprint density at radius 2 is 2.33 bits per heavy atom. The normalized spacial score (nSPS) is 10.8. The van der Waals surface area contributed by atoms with Crippen molar-refractivity contribution in [3.8, 4) is 0 Å². The van der Waals surface area contributed by atoms with Gasteiger partial charge in [-0.25, -0.2) is 0 Å².